The molecule has 0 fully saturated rings. The number of fused-ring (bicyclic) bond motifs is 1. The first-order valence-electron chi connectivity index (χ1n) is 12.8. The van der Waals surface area contributed by atoms with Gasteiger partial charge >= 0.3 is 10.6 Å². The molecule has 1 amide bonds. The van der Waals surface area contributed by atoms with Crippen LogP contribution < -0.4 is 15.4 Å². The molecule has 11 heteroatoms. The minimum atomic E-state index is -3.58. The van der Waals surface area contributed by atoms with Crippen LogP contribution in [0.3, 0.4) is 0 Å². The Labute approximate surface area is 227 Å². The maximum Gasteiger partial charge on any atom is 0.425 e. The molecule has 0 unspecified atom stereocenters. The number of methoxy groups -OCH3 is 1. The van der Waals surface area contributed by atoms with E-state index in [0.717, 1.165) is 30.4 Å². The van der Waals surface area contributed by atoms with E-state index in [1.165, 1.54) is 0 Å². The fraction of sp³-hybridized carbons (Fsp3) is 0.519. The molecule has 2 N–H and O–H groups in total. The molecule has 1 aliphatic heterocycles. The fourth-order valence-corrected chi connectivity index (χ4v) is 7.02. The van der Waals surface area contributed by atoms with Crippen molar-refractivity contribution < 1.29 is 30.6 Å². The highest BCUT2D eigenvalue weighted by atomic mass is 32.2. The summed E-state index contributed by atoms with van der Waals surface area (Å²) in [6.45, 7) is 6.64. The van der Waals surface area contributed by atoms with Gasteiger partial charge < -0.3 is 10.1 Å². The molecule has 0 aliphatic carbocycles. The Hall–Kier alpha value is -2.76. The number of carbonyl (C=O) groups excluding carboxylic acids is 1. The van der Waals surface area contributed by atoms with E-state index in [9.17, 15) is 13.2 Å². The topological polar surface area (TPSA) is 136 Å². The Balaban J connectivity index is 0.00000118. The molecule has 38 heavy (non-hydrogen) atoms. The molecule has 3 rings (SSSR count). The Morgan fingerprint density at radius 1 is 1.13 bits per heavy atom. The van der Waals surface area contributed by atoms with Crippen LogP contribution in [0.2, 0.25) is 0 Å². The predicted molar refractivity (Wildman–Crippen MR) is 146 cm³/mol. The van der Waals surface area contributed by atoms with Crippen molar-refractivity contribution in [2.45, 2.75) is 75.8 Å². The van der Waals surface area contributed by atoms with Crippen LogP contribution in [0.5, 0.6) is 5.75 Å². The Morgan fingerprint density at radius 3 is 2.34 bits per heavy atom. The van der Waals surface area contributed by atoms with Crippen LogP contribution >= 0.6 is 0 Å². The van der Waals surface area contributed by atoms with Gasteiger partial charge in [0.2, 0.25) is 5.91 Å². The Morgan fingerprint density at radius 2 is 1.79 bits per heavy atom. The van der Waals surface area contributed by atoms with Gasteiger partial charge in [0.1, 0.15) is 5.75 Å². The van der Waals surface area contributed by atoms with Gasteiger partial charge in [0.15, 0.2) is 9.84 Å². The summed E-state index contributed by atoms with van der Waals surface area (Å²) in [4.78, 5) is 12.4. The molecule has 0 aromatic heterocycles. The molecule has 0 saturated carbocycles. The van der Waals surface area contributed by atoms with E-state index in [1.54, 1.807) is 13.2 Å². The molecular weight excluding hydrogens is 528 g/mol. The van der Waals surface area contributed by atoms with Gasteiger partial charge in [-0.1, -0.05) is 57.0 Å². The van der Waals surface area contributed by atoms with Gasteiger partial charge in [0, 0.05) is 18.5 Å². The third kappa shape index (κ3) is 8.37. The molecule has 210 valence electrons. The average Bonchev–Trinajstić information content (AvgIpc) is 2.98. The SMILES string of the molecule is CCCC[C@]1(CC)CS(=O)(=O)c2cc(CCC(=O)NCC)c(OC)cc2[C@@H](c2ccccc2)N1.O=S(=O)=O. The summed E-state index contributed by atoms with van der Waals surface area (Å²) in [6.07, 6.45) is 4.15. The number of nitrogens with one attached hydrogen (secondary N) is 2. The molecule has 2 aromatic rings. The van der Waals surface area contributed by atoms with Crippen LogP contribution in [0.25, 0.3) is 0 Å². The normalized spacial score (nSPS) is 19.7. The van der Waals surface area contributed by atoms with E-state index >= 15 is 0 Å². The Kier molecular flexibility index (Phi) is 11.9. The predicted octanol–water partition coefficient (Wildman–Crippen LogP) is 3.57. The lowest BCUT2D eigenvalue weighted by Gasteiger charge is -2.36. The van der Waals surface area contributed by atoms with Gasteiger partial charge in [-0.3, -0.25) is 10.1 Å². The van der Waals surface area contributed by atoms with Crippen LogP contribution in [0.1, 0.15) is 75.6 Å². The second kappa shape index (κ2) is 14.4. The number of amides is 1. The van der Waals surface area contributed by atoms with Gasteiger partial charge in [0.25, 0.3) is 0 Å². The summed E-state index contributed by atoms with van der Waals surface area (Å²) in [5.74, 6) is 0.601. The molecule has 2 aromatic carbocycles. The summed E-state index contributed by atoms with van der Waals surface area (Å²) >= 11 is 0. The lowest BCUT2D eigenvalue weighted by atomic mass is 9.87. The summed E-state index contributed by atoms with van der Waals surface area (Å²) in [6, 6.07) is 13.3. The molecule has 1 aliphatic rings. The highest BCUT2D eigenvalue weighted by Crippen LogP contribution is 2.41. The smallest absolute Gasteiger partial charge is 0.425 e. The van der Waals surface area contributed by atoms with Crippen molar-refractivity contribution >= 4 is 26.4 Å². The summed E-state index contributed by atoms with van der Waals surface area (Å²) in [5.41, 5.74) is 1.94. The van der Waals surface area contributed by atoms with Crippen LogP contribution in [0, 0.1) is 0 Å². The van der Waals surface area contributed by atoms with Gasteiger partial charge in [-0.2, -0.15) is 0 Å². The van der Waals surface area contributed by atoms with E-state index < -0.39 is 26.0 Å². The first-order chi connectivity index (χ1) is 18.0. The van der Waals surface area contributed by atoms with Crippen molar-refractivity contribution in [1.29, 1.82) is 0 Å². The first kappa shape index (κ1) is 31.5. The van der Waals surface area contributed by atoms with E-state index in [1.807, 2.05) is 43.3 Å². The summed E-state index contributed by atoms with van der Waals surface area (Å²) in [7, 11) is -5.11. The number of rotatable bonds is 10. The number of sulfone groups is 1. The molecule has 9 nitrogen and oxygen atoms in total. The van der Waals surface area contributed by atoms with Crippen molar-refractivity contribution in [2.75, 3.05) is 19.4 Å². The number of aryl methyl sites for hydroxylation is 1. The van der Waals surface area contributed by atoms with Gasteiger partial charge in [-0.15, -0.1) is 12.6 Å². The zero-order valence-electron chi connectivity index (χ0n) is 22.4. The third-order valence-corrected chi connectivity index (χ3v) is 8.75. The number of hydrogen-bond acceptors (Lipinski definition) is 8. The van der Waals surface area contributed by atoms with E-state index in [0.29, 0.717) is 35.6 Å². The summed E-state index contributed by atoms with van der Waals surface area (Å²) < 4.78 is 58.7. The fourth-order valence-electron chi connectivity index (χ4n) is 4.85. The first-order valence-corrected chi connectivity index (χ1v) is 15.5. The number of hydrogen-bond donors (Lipinski definition) is 2. The van der Waals surface area contributed by atoms with Crippen molar-refractivity contribution in [1.82, 2.24) is 10.6 Å². The van der Waals surface area contributed by atoms with Crippen LogP contribution in [-0.2, 0) is 31.7 Å². The van der Waals surface area contributed by atoms with Crippen molar-refractivity contribution in [2.24, 2.45) is 0 Å². The molecule has 0 bridgehead atoms. The second-order valence-corrected chi connectivity index (χ2v) is 11.7. The van der Waals surface area contributed by atoms with Gasteiger partial charge in [0.05, 0.1) is 23.8 Å². The molecular formula is C27H38N2O7S2. The number of carbonyl (C=O) groups is 1. The number of unbranched alkanes of at least 4 members (excludes halogenated alkanes) is 1. The van der Waals surface area contributed by atoms with Crippen LogP contribution in [0.4, 0.5) is 0 Å². The van der Waals surface area contributed by atoms with Crippen LogP contribution in [-0.4, -0.2) is 51.9 Å². The van der Waals surface area contributed by atoms with Gasteiger partial charge in [-0.25, -0.2) is 8.42 Å². The molecule has 0 spiro atoms. The number of ether oxygens (including phenoxy) is 1. The quantitative estimate of drug-likeness (QED) is 0.446. The molecule has 0 saturated heterocycles. The average molecular weight is 567 g/mol. The maximum atomic E-state index is 13.8. The second-order valence-electron chi connectivity index (χ2n) is 9.34. The van der Waals surface area contributed by atoms with E-state index in [-0.39, 0.29) is 24.1 Å². The minimum Gasteiger partial charge on any atom is -0.496 e. The summed E-state index contributed by atoms with van der Waals surface area (Å²) in [5, 5.41) is 6.58. The van der Waals surface area contributed by atoms with Crippen molar-refractivity contribution in [3.63, 3.8) is 0 Å². The lowest BCUT2D eigenvalue weighted by Crippen LogP contribution is -2.50. The zero-order chi connectivity index (χ0) is 28.3. The Bertz CT molecular complexity index is 1290. The highest BCUT2D eigenvalue weighted by molar-refractivity contribution is 7.91. The zero-order valence-corrected chi connectivity index (χ0v) is 24.1. The van der Waals surface area contributed by atoms with E-state index in [4.69, 9.17) is 17.4 Å². The lowest BCUT2D eigenvalue weighted by molar-refractivity contribution is -0.120. The molecule has 2 atom stereocenters. The maximum absolute atomic E-state index is 13.8. The largest absolute Gasteiger partial charge is 0.496 e. The number of benzene rings is 2. The van der Waals surface area contributed by atoms with Crippen LogP contribution in [0.15, 0.2) is 47.4 Å². The van der Waals surface area contributed by atoms with E-state index in [2.05, 4.69) is 24.5 Å². The minimum absolute atomic E-state index is 0.0505. The third-order valence-electron chi connectivity index (χ3n) is 6.79. The van der Waals surface area contributed by atoms with Crippen molar-refractivity contribution in [3.05, 3.63) is 59.2 Å². The standard InChI is InChI=1S/C27H38N2O4S.O3S/c1-5-8-16-27(6-2)19-34(31,32)24-17-21(14-15-25(30)28-7-3)23(33-4)18-22(24)26(29-27)20-12-10-9-11-13-20;1-4(2)3/h9-13,17-18,26,29H,5-8,14-16,19H2,1-4H3,(H,28,30);/t26-,27-;/m1./s1. The molecule has 0 radical (unpaired) electrons. The van der Waals surface area contributed by atoms with Gasteiger partial charge in [-0.05, 0) is 55.0 Å². The molecule has 1 heterocycles. The highest BCUT2D eigenvalue weighted by Gasteiger charge is 2.42. The monoisotopic (exact) mass is 566 g/mol. The van der Waals surface area contributed by atoms with Crippen molar-refractivity contribution in [3.8, 4) is 5.75 Å².